The Morgan fingerprint density at radius 2 is 2.05 bits per heavy atom. The second-order valence-electron chi connectivity index (χ2n) is 5.35. The molecule has 22 heavy (non-hydrogen) atoms. The van der Waals surface area contributed by atoms with Gasteiger partial charge in [0.05, 0.1) is 0 Å². The average Bonchev–Trinajstić information content (AvgIpc) is 3.20. The molecule has 1 fully saturated rings. The van der Waals surface area contributed by atoms with Crippen LogP contribution >= 0.6 is 11.3 Å². The van der Waals surface area contributed by atoms with Gasteiger partial charge in [-0.15, -0.1) is 0 Å². The van der Waals surface area contributed by atoms with E-state index in [2.05, 4.69) is 15.6 Å². The number of amides is 2. The maximum absolute atomic E-state index is 11.8. The molecule has 0 aliphatic heterocycles. The molecule has 0 saturated heterocycles. The number of carbonyl (C=O) groups is 1. The highest BCUT2D eigenvalue weighted by Crippen LogP contribution is 2.23. The molecule has 1 aliphatic carbocycles. The molecule has 5 nitrogen and oxygen atoms in total. The lowest BCUT2D eigenvalue weighted by Crippen LogP contribution is -2.40. The number of thiazole rings is 1. The molecule has 1 saturated carbocycles. The topological polar surface area (TPSA) is 63.2 Å². The van der Waals surface area contributed by atoms with Crippen molar-refractivity contribution >= 4 is 17.4 Å². The largest absolute Gasteiger partial charge is 0.431 e. The molecule has 0 radical (unpaired) electrons. The van der Waals surface area contributed by atoms with Gasteiger partial charge in [-0.05, 0) is 30.5 Å². The van der Waals surface area contributed by atoms with E-state index in [1.807, 2.05) is 29.6 Å². The molecule has 6 heteroatoms. The van der Waals surface area contributed by atoms with Gasteiger partial charge in [0.15, 0.2) is 0 Å². The van der Waals surface area contributed by atoms with Crippen molar-refractivity contribution in [2.24, 2.45) is 0 Å². The van der Waals surface area contributed by atoms with E-state index < -0.39 is 0 Å². The van der Waals surface area contributed by atoms with Gasteiger partial charge in [-0.3, -0.25) is 0 Å². The fourth-order valence-electron chi connectivity index (χ4n) is 2.53. The summed E-state index contributed by atoms with van der Waals surface area (Å²) in [5.74, 6) is 0.745. The molecule has 1 heterocycles. The van der Waals surface area contributed by atoms with Crippen LogP contribution in [0.25, 0.3) is 0 Å². The number of hydrogen-bond donors (Lipinski definition) is 2. The van der Waals surface area contributed by atoms with E-state index in [1.54, 1.807) is 6.20 Å². The van der Waals surface area contributed by atoms with Gasteiger partial charge in [-0.25, -0.2) is 9.78 Å². The van der Waals surface area contributed by atoms with Gasteiger partial charge in [0.25, 0.3) is 5.19 Å². The van der Waals surface area contributed by atoms with Gasteiger partial charge in [-0.2, -0.15) is 0 Å². The Labute approximate surface area is 133 Å². The number of aromatic nitrogens is 1. The molecule has 1 aromatic heterocycles. The molecule has 0 spiro atoms. The number of carbonyl (C=O) groups excluding carboxylic acids is 1. The van der Waals surface area contributed by atoms with Crippen LogP contribution in [0.2, 0.25) is 0 Å². The molecule has 3 rings (SSSR count). The first-order valence-corrected chi connectivity index (χ1v) is 8.38. The lowest BCUT2D eigenvalue weighted by molar-refractivity contribution is 0.236. The third-order valence-electron chi connectivity index (χ3n) is 3.68. The normalized spacial score (nSPS) is 14.7. The molecule has 0 bridgehead atoms. The lowest BCUT2D eigenvalue weighted by atomic mass is 10.2. The van der Waals surface area contributed by atoms with Crippen molar-refractivity contribution in [1.82, 2.24) is 15.6 Å². The summed E-state index contributed by atoms with van der Waals surface area (Å²) < 4.78 is 5.60. The van der Waals surface area contributed by atoms with E-state index in [9.17, 15) is 4.79 Å². The molecule has 116 valence electrons. The van der Waals surface area contributed by atoms with Crippen LogP contribution in [0.4, 0.5) is 4.79 Å². The van der Waals surface area contributed by atoms with Crippen LogP contribution in [-0.2, 0) is 6.54 Å². The second kappa shape index (κ2) is 7.26. The predicted molar refractivity (Wildman–Crippen MR) is 86.3 cm³/mol. The van der Waals surface area contributed by atoms with Gasteiger partial charge >= 0.3 is 6.03 Å². The summed E-state index contributed by atoms with van der Waals surface area (Å²) in [6, 6.07) is 7.90. The summed E-state index contributed by atoms with van der Waals surface area (Å²) in [5.41, 5.74) is 1.04. The van der Waals surface area contributed by atoms with Crippen molar-refractivity contribution in [3.05, 3.63) is 41.4 Å². The molecule has 1 aromatic carbocycles. The number of benzene rings is 1. The van der Waals surface area contributed by atoms with Crippen LogP contribution in [0.15, 0.2) is 35.8 Å². The number of urea groups is 1. The maximum Gasteiger partial charge on any atom is 0.315 e. The molecular weight excluding hydrogens is 298 g/mol. The Balaban J connectivity index is 1.45. The fourth-order valence-corrected chi connectivity index (χ4v) is 3.03. The molecule has 2 N–H and O–H groups in total. The maximum atomic E-state index is 11.8. The quantitative estimate of drug-likeness (QED) is 0.884. The summed E-state index contributed by atoms with van der Waals surface area (Å²) in [7, 11) is 0. The Hall–Kier alpha value is -2.08. The number of nitrogens with zero attached hydrogens (tertiary/aromatic N) is 1. The van der Waals surface area contributed by atoms with E-state index >= 15 is 0 Å². The third-order valence-corrected chi connectivity index (χ3v) is 4.33. The first kappa shape index (κ1) is 14.8. The molecule has 1 aliphatic rings. The molecule has 2 amide bonds. The molecule has 2 aromatic rings. The number of ether oxygens (including phenoxy) is 1. The average molecular weight is 317 g/mol. The monoisotopic (exact) mass is 317 g/mol. The number of rotatable bonds is 5. The predicted octanol–water partition coefficient (Wildman–Crippen LogP) is 3.68. The van der Waals surface area contributed by atoms with Crippen molar-refractivity contribution in [3.8, 4) is 10.9 Å². The minimum atomic E-state index is -0.0880. The van der Waals surface area contributed by atoms with Crippen LogP contribution < -0.4 is 15.4 Å². The Bertz CT molecular complexity index is 592. The van der Waals surface area contributed by atoms with Crippen molar-refractivity contribution in [2.45, 2.75) is 38.3 Å². The standard InChI is InChI=1S/C16H19N3O2S/c20-15(19-13-3-1-2-4-13)18-11-12-5-7-14(8-6-12)21-16-17-9-10-22-16/h5-10,13H,1-4,11H2,(H2,18,19,20). The van der Waals surface area contributed by atoms with E-state index in [-0.39, 0.29) is 6.03 Å². The Morgan fingerprint density at radius 1 is 1.27 bits per heavy atom. The SMILES string of the molecule is O=C(NCc1ccc(Oc2nccs2)cc1)NC1CCCC1. The first-order valence-electron chi connectivity index (χ1n) is 7.50. The zero-order valence-corrected chi connectivity index (χ0v) is 13.1. The summed E-state index contributed by atoms with van der Waals surface area (Å²) in [5, 5.41) is 8.40. The molecular formula is C16H19N3O2S. The van der Waals surface area contributed by atoms with Crippen LogP contribution in [0.3, 0.4) is 0 Å². The van der Waals surface area contributed by atoms with Gasteiger partial charge < -0.3 is 15.4 Å². The van der Waals surface area contributed by atoms with E-state index in [4.69, 9.17) is 4.74 Å². The van der Waals surface area contributed by atoms with Crippen molar-refractivity contribution in [2.75, 3.05) is 0 Å². The summed E-state index contributed by atoms with van der Waals surface area (Å²) in [6.07, 6.45) is 6.32. The van der Waals surface area contributed by atoms with Gasteiger partial charge in [-0.1, -0.05) is 36.3 Å². The minimum absolute atomic E-state index is 0.0880. The highest BCUT2D eigenvalue weighted by molar-refractivity contribution is 7.11. The van der Waals surface area contributed by atoms with E-state index in [1.165, 1.54) is 24.2 Å². The summed E-state index contributed by atoms with van der Waals surface area (Å²) >= 11 is 1.45. The zero-order chi connectivity index (χ0) is 15.2. The van der Waals surface area contributed by atoms with E-state index in [0.717, 1.165) is 24.2 Å². The zero-order valence-electron chi connectivity index (χ0n) is 12.2. The van der Waals surface area contributed by atoms with Crippen LogP contribution in [0.5, 0.6) is 10.9 Å². The minimum Gasteiger partial charge on any atom is -0.431 e. The number of hydrogen-bond acceptors (Lipinski definition) is 4. The van der Waals surface area contributed by atoms with Gasteiger partial charge in [0.1, 0.15) is 5.75 Å². The number of nitrogens with one attached hydrogen (secondary N) is 2. The Kier molecular flexibility index (Phi) is 4.90. The second-order valence-corrected chi connectivity index (χ2v) is 6.21. The Morgan fingerprint density at radius 3 is 2.73 bits per heavy atom. The summed E-state index contributed by atoms with van der Waals surface area (Å²) in [4.78, 5) is 15.9. The smallest absolute Gasteiger partial charge is 0.315 e. The highest BCUT2D eigenvalue weighted by atomic mass is 32.1. The van der Waals surface area contributed by atoms with Gasteiger partial charge in [0, 0.05) is 24.2 Å². The van der Waals surface area contributed by atoms with Crippen LogP contribution in [0, 0.1) is 0 Å². The first-order chi connectivity index (χ1) is 10.8. The molecule has 0 atom stereocenters. The highest BCUT2D eigenvalue weighted by Gasteiger charge is 2.16. The van der Waals surface area contributed by atoms with Crippen LogP contribution in [-0.4, -0.2) is 17.1 Å². The van der Waals surface area contributed by atoms with Crippen molar-refractivity contribution in [3.63, 3.8) is 0 Å². The molecule has 0 unspecified atom stereocenters. The van der Waals surface area contributed by atoms with Crippen LogP contribution in [0.1, 0.15) is 31.2 Å². The van der Waals surface area contributed by atoms with Crippen molar-refractivity contribution in [1.29, 1.82) is 0 Å². The lowest BCUT2D eigenvalue weighted by Gasteiger charge is -2.13. The summed E-state index contributed by atoms with van der Waals surface area (Å²) in [6.45, 7) is 0.510. The van der Waals surface area contributed by atoms with Crippen molar-refractivity contribution < 1.29 is 9.53 Å². The third kappa shape index (κ3) is 4.21. The van der Waals surface area contributed by atoms with Gasteiger partial charge in [0.2, 0.25) is 0 Å². The van der Waals surface area contributed by atoms with E-state index in [0.29, 0.717) is 17.8 Å². The fraction of sp³-hybridized carbons (Fsp3) is 0.375.